The van der Waals surface area contributed by atoms with Crippen LogP contribution in [0.2, 0.25) is 0 Å². The highest BCUT2D eigenvalue weighted by molar-refractivity contribution is 7.92. The molecular formula is C18H19N5O5S. The molecule has 0 unspecified atom stereocenters. The standard InChI is InChI=1S/C18H19N5O5S/c1-11-7-8-16(12(2)18(11)28-10-17(24)25)29(26,27)20-14-5-4-6-15(9-14)23-13(3)19-21-22-23/h4-9,20H,10H2,1-3H3,(H,24,25). The number of aromatic nitrogens is 4. The number of carboxylic acids is 1. The van der Waals surface area contributed by atoms with Gasteiger partial charge >= 0.3 is 5.97 Å². The van der Waals surface area contributed by atoms with Gasteiger partial charge in [0.15, 0.2) is 12.4 Å². The van der Waals surface area contributed by atoms with E-state index in [1.165, 1.54) is 10.7 Å². The lowest BCUT2D eigenvalue weighted by molar-refractivity contribution is -0.139. The molecule has 0 aliphatic heterocycles. The Morgan fingerprint density at radius 1 is 1.21 bits per heavy atom. The van der Waals surface area contributed by atoms with Crippen LogP contribution in [0.1, 0.15) is 17.0 Å². The minimum atomic E-state index is -3.96. The molecule has 0 bridgehead atoms. The van der Waals surface area contributed by atoms with E-state index in [9.17, 15) is 13.2 Å². The van der Waals surface area contributed by atoms with Gasteiger partial charge in [-0.15, -0.1) is 5.10 Å². The van der Waals surface area contributed by atoms with Crippen molar-refractivity contribution in [3.05, 3.63) is 53.3 Å². The molecule has 2 N–H and O–H groups in total. The van der Waals surface area contributed by atoms with Crippen LogP contribution < -0.4 is 9.46 Å². The van der Waals surface area contributed by atoms with E-state index >= 15 is 0 Å². The van der Waals surface area contributed by atoms with E-state index in [-0.39, 0.29) is 10.6 Å². The fraction of sp³-hybridized carbons (Fsp3) is 0.222. The number of nitrogens with one attached hydrogen (secondary N) is 1. The summed E-state index contributed by atoms with van der Waals surface area (Å²) in [5.41, 5.74) is 1.88. The van der Waals surface area contributed by atoms with Gasteiger partial charge in [0.25, 0.3) is 10.0 Å². The minimum absolute atomic E-state index is 0.00695. The quantitative estimate of drug-likeness (QED) is 0.594. The van der Waals surface area contributed by atoms with Crippen molar-refractivity contribution in [2.75, 3.05) is 11.3 Å². The molecule has 0 spiro atoms. The van der Waals surface area contributed by atoms with Crippen LogP contribution in [-0.2, 0) is 14.8 Å². The van der Waals surface area contributed by atoms with Gasteiger partial charge in [-0.3, -0.25) is 4.72 Å². The zero-order valence-corrected chi connectivity index (χ0v) is 16.8. The third-order valence-corrected chi connectivity index (χ3v) is 5.68. The largest absolute Gasteiger partial charge is 0.481 e. The van der Waals surface area contributed by atoms with Crippen LogP contribution in [0.3, 0.4) is 0 Å². The smallest absolute Gasteiger partial charge is 0.341 e. The highest BCUT2D eigenvalue weighted by Crippen LogP contribution is 2.30. The first kappa shape index (κ1) is 20.3. The van der Waals surface area contributed by atoms with Crippen molar-refractivity contribution in [3.63, 3.8) is 0 Å². The van der Waals surface area contributed by atoms with Crippen molar-refractivity contribution < 1.29 is 23.1 Å². The number of aryl methyl sites for hydroxylation is 2. The number of tetrazole rings is 1. The first-order valence-corrected chi connectivity index (χ1v) is 10.0. The number of hydrogen-bond acceptors (Lipinski definition) is 7. The molecule has 152 valence electrons. The zero-order valence-electron chi connectivity index (χ0n) is 15.9. The first-order valence-electron chi connectivity index (χ1n) is 8.52. The number of ether oxygens (including phenoxy) is 1. The van der Waals surface area contributed by atoms with Gasteiger partial charge in [0.05, 0.1) is 16.3 Å². The first-order chi connectivity index (χ1) is 13.7. The van der Waals surface area contributed by atoms with Crippen LogP contribution >= 0.6 is 0 Å². The summed E-state index contributed by atoms with van der Waals surface area (Å²) in [7, 11) is -3.96. The fourth-order valence-corrected chi connectivity index (χ4v) is 4.13. The number of hydrogen-bond donors (Lipinski definition) is 2. The van der Waals surface area contributed by atoms with Crippen molar-refractivity contribution in [3.8, 4) is 11.4 Å². The molecule has 1 aromatic heterocycles. The zero-order chi connectivity index (χ0) is 21.2. The van der Waals surface area contributed by atoms with Crippen LogP contribution in [-0.4, -0.2) is 46.3 Å². The maximum absolute atomic E-state index is 13.0. The number of carbonyl (C=O) groups is 1. The van der Waals surface area contributed by atoms with E-state index < -0.39 is 22.6 Å². The lowest BCUT2D eigenvalue weighted by atomic mass is 10.1. The Bertz CT molecular complexity index is 1170. The van der Waals surface area contributed by atoms with Crippen LogP contribution in [0, 0.1) is 20.8 Å². The molecule has 10 nitrogen and oxygen atoms in total. The lowest BCUT2D eigenvalue weighted by Crippen LogP contribution is -2.16. The van der Waals surface area contributed by atoms with E-state index in [0.717, 1.165) is 0 Å². The van der Waals surface area contributed by atoms with Crippen LogP contribution in [0.4, 0.5) is 5.69 Å². The van der Waals surface area contributed by atoms with Crippen LogP contribution in [0.25, 0.3) is 5.69 Å². The SMILES string of the molecule is Cc1ccc(S(=O)(=O)Nc2cccc(-n3nnnc3C)c2)c(C)c1OCC(=O)O. The van der Waals surface area contributed by atoms with Crippen molar-refractivity contribution in [2.45, 2.75) is 25.7 Å². The molecular weight excluding hydrogens is 398 g/mol. The van der Waals surface area contributed by atoms with E-state index in [0.29, 0.717) is 28.3 Å². The van der Waals surface area contributed by atoms with Gasteiger partial charge in [0.2, 0.25) is 0 Å². The van der Waals surface area contributed by atoms with Crippen LogP contribution in [0.15, 0.2) is 41.3 Å². The molecule has 0 saturated heterocycles. The average molecular weight is 417 g/mol. The molecule has 0 radical (unpaired) electrons. The monoisotopic (exact) mass is 417 g/mol. The Kier molecular flexibility index (Phi) is 5.50. The molecule has 2 aromatic carbocycles. The van der Waals surface area contributed by atoms with Gasteiger partial charge in [-0.25, -0.2) is 13.2 Å². The summed E-state index contributed by atoms with van der Waals surface area (Å²) in [5.74, 6) is -0.363. The number of benzene rings is 2. The average Bonchev–Trinajstić information content (AvgIpc) is 3.07. The summed E-state index contributed by atoms with van der Waals surface area (Å²) in [6, 6.07) is 9.65. The molecule has 0 saturated carbocycles. The number of nitrogens with zero attached hydrogens (tertiary/aromatic N) is 4. The molecule has 0 fully saturated rings. The summed E-state index contributed by atoms with van der Waals surface area (Å²) >= 11 is 0. The van der Waals surface area contributed by atoms with Gasteiger partial charge in [0, 0.05) is 5.56 Å². The highest BCUT2D eigenvalue weighted by atomic mass is 32.2. The molecule has 1 heterocycles. The second kappa shape index (κ2) is 7.87. The Hall–Kier alpha value is -3.47. The van der Waals surface area contributed by atoms with Crippen molar-refractivity contribution in [2.24, 2.45) is 0 Å². The summed E-state index contributed by atoms with van der Waals surface area (Å²) in [6.07, 6.45) is 0. The number of aliphatic carboxylic acids is 1. The second-order valence-electron chi connectivity index (χ2n) is 6.31. The summed E-state index contributed by atoms with van der Waals surface area (Å²) in [6.45, 7) is 4.45. The predicted octanol–water partition coefficient (Wildman–Crippen LogP) is 1.85. The summed E-state index contributed by atoms with van der Waals surface area (Å²) < 4.78 is 35.2. The Morgan fingerprint density at radius 3 is 2.62 bits per heavy atom. The number of carboxylic acid groups (broad SMARTS) is 1. The highest BCUT2D eigenvalue weighted by Gasteiger charge is 2.21. The fourth-order valence-electron chi connectivity index (χ4n) is 2.84. The molecule has 0 amide bonds. The Balaban J connectivity index is 1.93. The summed E-state index contributed by atoms with van der Waals surface area (Å²) in [4.78, 5) is 10.8. The molecule has 0 atom stereocenters. The third kappa shape index (κ3) is 4.35. The molecule has 29 heavy (non-hydrogen) atoms. The normalized spacial score (nSPS) is 11.3. The Morgan fingerprint density at radius 2 is 1.97 bits per heavy atom. The number of anilines is 1. The minimum Gasteiger partial charge on any atom is -0.481 e. The van der Waals surface area contributed by atoms with Gasteiger partial charge in [-0.1, -0.05) is 12.1 Å². The maximum Gasteiger partial charge on any atom is 0.341 e. The molecule has 3 rings (SSSR count). The molecule has 3 aromatic rings. The molecule has 11 heteroatoms. The van der Waals surface area contributed by atoms with E-state index in [4.69, 9.17) is 9.84 Å². The van der Waals surface area contributed by atoms with Gasteiger partial charge in [0.1, 0.15) is 5.75 Å². The second-order valence-corrected chi connectivity index (χ2v) is 7.96. The predicted molar refractivity (Wildman–Crippen MR) is 104 cm³/mol. The third-order valence-electron chi connectivity index (χ3n) is 4.15. The summed E-state index contributed by atoms with van der Waals surface area (Å²) in [5, 5.41) is 20.1. The Labute approximate surface area is 167 Å². The van der Waals surface area contributed by atoms with Gasteiger partial charge in [-0.05, 0) is 61.0 Å². The van der Waals surface area contributed by atoms with E-state index in [1.54, 1.807) is 51.1 Å². The van der Waals surface area contributed by atoms with Crippen molar-refractivity contribution >= 4 is 21.7 Å². The lowest BCUT2D eigenvalue weighted by Gasteiger charge is -2.16. The topological polar surface area (TPSA) is 136 Å². The van der Waals surface area contributed by atoms with E-state index in [1.807, 2.05) is 0 Å². The van der Waals surface area contributed by atoms with E-state index in [2.05, 4.69) is 20.2 Å². The van der Waals surface area contributed by atoms with Crippen LogP contribution in [0.5, 0.6) is 5.75 Å². The number of rotatable bonds is 7. The van der Waals surface area contributed by atoms with Crippen molar-refractivity contribution in [1.82, 2.24) is 20.2 Å². The number of sulfonamides is 1. The van der Waals surface area contributed by atoms with Gasteiger partial charge < -0.3 is 9.84 Å². The molecule has 0 aliphatic rings. The maximum atomic E-state index is 13.0. The molecule has 0 aliphatic carbocycles. The van der Waals surface area contributed by atoms with Gasteiger partial charge in [-0.2, -0.15) is 4.68 Å². The van der Waals surface area contributed by atoms with Crippen molar-refractivity contribution in [1.29, 1.82) is 0 Å².